The lowest BCUT2D eigenvalue weighted by Crippen LogP contribution is -2.35. The molecule has 0 aliphatic carbocycles. The highest BCUT2D eigenvalue weighted by Gasteiger charge is 2.09. The molecule has 1 unspecified atom stereocenters. The van der Waals surface area contributed by atoms with Crippen LogP contribution in [0.15, 0.2) is 0 Å². The maximum atomic E-state index is 11.8. The van der Waals surface area contributed by atoms with Gasteiger partial charge in [0.15, 0.2) is 0 Å². The number of carbonyl (C=O) groups excluding carboxylic acids is 2. The van der Waals surface area contributed by atoms with Gasteiger partial charge in [0.1, 0.15) is 6.29 Å². The molecular weight excluding hydrogens is 322 g/mol. The van der Waals surface area contributed by atoms with Crippen LogP contribution >= 0.6 is 0 Å². The third kappa shape index (κ3) is 17.9. The zero-order valence-corrected chi connectivity index (χ0v) is 17.7. The molecule has 0 heterocycles. The Morgan fingerprint density at radius 2 is 1.12 bits per heavy atom. The summed E-state index contributed by atoms with van der Waals surface area (Å²) in [6.45, 7) is 4.30. The van der Waals surface area contributed by atoms with E-state index in [4.69, 9.17) is 0 Å². The van der Waals surface area contributed by atoms with E-state index in [0.717, 1.165) is 32.0 Å². The van der Waals surface area contributed by atoms with E-state index in [-0.39, 0.29) is 11.9 Å². The molecule has 0 bridgehead atoms. The molecule has 0 radical (unpaired) electrons. The number of aldehydes is 1. The van der Waals surface area contributed by atoms with Crippen molar-refractivity contribution in [2.24, 2.45) is 0 Å². The molecule has 0 fully saturated rings. The highest BCUT2D eigenvalue weighted by Crippen LogP contribution is 2.13. The van der Waals surface area contributed by atoms with Crippen LogP contribution in [0.3, 0.4) is 0 Å². The second-order valence-corrected chi connectivity index (χ2v) is 7.80. The monoisotopic (exact) mass is 367 g/mol. The van der Waals surface area contributed by atoms with Crippen molar-refractivity contribution >= 4 is 12.2 Å². The molecule has 1 N–H and O–H groups in total. The summed E-state index contributed by atoms with van der Waals surface area (Å²) in [6, 6.07) is -0.288. The average molecular weight is 368 g/mol. The summed E-state index contributed by atoms with van der Waals surface area (Å²) < 4.78 is 0. The Morgan fingerprint density at radius 1 is 0.692 bits per heavy atom. The van der Waals surface area contributed by atoms with Crippen LogP contribution in [0.5, 0.6) is 0 Å². The Labute approximate surface area is 163 Å². The van der Waals surface area contributed by atoms with Crippen molar-refractivity contribution in [2.45, 2.75) is 135 Å². The van der Waals surface area contributed by atoms with Gasteiger partial charge in [0.2, 0.25) is 5.91 Å². The number of nitrogens with one attached hydrogen (secondary N) is 1. The van der Waals surface area contributed by atoms with Crippen LogP contribution in [0.25, 0.3) is 0 Å². The lowest BCUT2D eigenvalue weighted by atomic mass is 10.0. The van der Waals surface area contributed by atoms with Gasteiger partial charge in [-0.15, -0.1) is 0 Å². The van der Waals surface area contributed by atoms with E-state index in [9.17, 15) is 9.59 Å². The largest absolute Gasteiger partial charge is 0.347 e. The van der Waals surface area contributed by atoms with Crippen molar-refractivity contribution in [3.8, 4) is 0 Å². The van der Waals surface area contributed by atoms with Crippen LogP contribution < -0.4 is 5.32 Å². The van der Waals surface area contributed by atoms with Gasteiger partial charge < -0.3 is 10.1 Å². The smallest absolute Gasteiger partial charge is 0.220 e. The Morgan fingerprint density at radius 3 is 1.50 bits per heavy atom. The predicted octanol–water partition coefficient (Wildman–Crippen LogP) is 6.73. The first-order valence-corrected chi connectivity index (χ1v) is 11.5. The molecule has 0 saturated heterocycles. The fourth-order valence-electron chi connectivity index (χ4n) is 3.42. The molecule has 0 rings (SSSR count). The lowest BCUT2D eigenvalue weighted by molar-refractivity contribution is -0.124. The summed E-state index contributed by atoms with van der Waals surface area (Å²) >= 11 is 0. The van der Waals surface area contributed by atoms with Crippen LogP contribution in [-0.2, 0) is 9.59 Å². The number of carbonyl (C=O) groups is 2. The van der Waals surface area contributed by atoms with Crippen molar-refractivity contribution in [1.29, 1.82) is 0 Å². The van der Waals surface area contributed by atoms with Gasteiger partial charge in [-0.3, -0.25) is 4.79 Å². The maximum absolute atomic E-state index is 11.8. The number of unbranched alkanes of at least 4 members (excludes halogenated alkanes) is 14. The number of hydrogen-bond acceptors (Lipinski definition) is 2. The molecule has 0 saturated carbocycles. The first-order valence-electron chi connectivity index (χ1n) is 11.5. The fourth-order valence-corrected chi connectivity index (χ4v) is 3.42. The molecule has 0 aliphatic heterocycles. The number of amides is 1. The van der Waals surface area contributed by atoms with Gasteiger partial charge in [0.05, 0.1) is 6.04 Å². The molecule has 3 nitrogen and oxygen atoms in total. The van der Waals surface area contributed by atoms with Gasteiger partial charge >= 0.3 is 0 Å². The average Bonchev–Trinajstić information content (AvgIpc) is 2.64. The second kappa shape index (κ2) is 20.5. The zero-order valence-electron chi connectivity index (χ0n) is 17.7. The van der Waals surface area contributed by atoms with Gasteiger partial charge in [-0.2, -0.15) is 0 Å². The van der Waals surface area contributed by atoms with Crippen molar-refractivity contribution < 1.29 is 9.59 Å². The van der Waals surface area contributed by atoms with Crippen molar-refractivity contribution in [3.05, 3.63) is 0 Å². The quantitative estimate of drug-likeness (QED) is 0.191. The van der Waals surface area contributed by atoms with Crippen LogP contribution in [0.2, 0.25) is 0 Å². The lowest BCUT2D eigenvalue weighted by Gasteiger charge is -2.11. The van der Waals surface area contributed by atoms with Gasteiger partial charge in [-0.05, 0) is 12.8 Å². The SMILES string of the molecule is CCCCCCCCCCCCCCCCCC(=O)NC(C=O)CCC. The van der Waals surface area contributed by atoms with Crippen LogP contribution in [0.1, 0.15) is 129 Å². The summed E-state index contributed by atoms with van der Waals surface area (Å²) in [5.74, 6) is 0.0326. The molecule has 154 valence electrons. The minimum atomic E-state index is -0.288. The molecular formula is C23H45NO2. The summed E-state index contributed by atoms with van der Waals surface area (Å²) in [7, 11) is 0. The van der Waals surface area contributed by atoms with Gasteiger partial charge in [0.25, 0.3) is 0 Å². The molecule has 0 aromatic heterocycles. The van der Waals surface area contributed by atoms with Crippen molar-refractivity contribution in [3.63, 3.8) is 0 Å². The number of hydrogen-bond donors (Lipinski definition) is 1. The maximum Gasteiger partial charge on any atom is 0.220 e. The van der Waals surface area contributed by atoms with E-state index in [0.29, 0.717) is 6.42 Å². The Hall–Kier alpha value is -0.860. The highest BCUT2D eigenvalue weighted by molar-refractivity contribution is 5.79. The summed E-state index contributed by atoms with van der Waals surface area (Å²) in [4.78, 5) is 22.6. The van der Waals surface area contributed by atoms with E-state index in [1.54, 1.807) is 0 Å². The zero-order chi connectivity index (χ0) is 19.3. The van der Waals surface area contributed by atoms with Crippen LogP contribution in [0.4, 0.5) is 0 Å². The Bertz CT molecular complexity index is 317. The van der Waals surface area contributed by atoms with Gasteiger partial charge in [0, 0.05) is 6.42 Å². The molecule has 26 heavy (non-hydrogen) atoms. The second-order valence-electron chi connectivity index (χ2n) is 7.80. The molecule has 3 heteroatoms. The van der Waals surface area contributed by atoms with E-state index in [1.165, 1.54) is 83.5 Å². The topological polar surface area (TPSA) is 46.2 Å². The first-order chi connectivity index (χ1) is 12.7. The minimum Gasteiger partial charge on any atom is -0.347 e. The van der Waals surface area contributed by atoms with E-state index >= 15 is 0 Å². The molecule has 1 atom stereocenters. The molecule has 0 aromatic rings. The fraction of sp³-hybridized carbons (Fsp3) is 0.913. The summed E-state index contributed by atoms with van der Waals surface area (Å²) in [5.41, 5.74) is 0. The molecule has 0 aliphatic rings. The van der Waals surface area contributed by atoms with E-state index < -0.39 is 0 Å². The van der Waals surface area contributed by atoms with Gasteiger partial charge in [-0.1, -0.05) is 110 Å². The normalized spacial score (nSPS) is 12.1. The molecule has 0 aromatic carbocycles. The van der Waals surface area contributed by atoms with Crippen molar-refractivity contribution in [1.82, 2.24) is 5.32 Å². The highest BCUT2D eigenvalue weighted by atomic mass is 16.2. The van der Waals surface area contributed by atoms with E-state index in [1.807, 2.05) is 6.92 Å². The summed E-state index contributed by atoms with van der Waals surface area (Å²) in [6.07, 6.45) is 23.1. The predicted molar refractivity (Wildman–Crippen MR) is 112 cm³/mol. The standard InChI is InChI=1S/C23H45NO2/c1-3-5-6-7-8-9-10-11-12-13-14-15-16-17-18-20-23(26)24-22(21-25)19-4-2/h21-22H,3-20H2,1-2H3,(H,24,26). The third-order valence-corrected chi connectivity index (χ3v) is 5.12. The summed E-state index contributed by atoms with van der Waals surface area (Å²) in [5, 5.41) is 2.81. The molecule has 0 spiro atoms. The first kappa shape index (κ1) is 25.1. The third-order valence-electron chi connectivity index (χ3n) is 5.12. The Balaban J connectivity index is 3.24. The van der Waals surface area contributed by atoms with E-state index in [2.05, 4.69) is 12.2 Å². The van der Waals surface area contributed by atoms with Crippen LogP contribution in [-0.4, -0.2) is 18.2 Å². The Kier molecular flexibility index (Phi) is 19.8. The number of rotatable bonds is 20. The van der Waals surface area contributed by atoms with Gasteiger partial charge in [-0.25, -0.2) is 0 Å². The minimum absolute atomic E-state index is 0.0326. The molecule has 1 amide bonds. The van der Waals surface area contributed by atoms with Crippen LogP contribution in [0, 0.1) is 0 Å². The van der Waals surface area contributed by atoms with Crippen molar-refractivity contribution in [2.75, 3.05) is 0 Å².